The first-order valence-electron chi connectivity index (χ1n) is 5.39. The topological polar surface area (TPSA) is 3.24 Å². The van der Waals surface area contributed by atoms with Crippen molar-refractivity contribution < 1.29 is 13.2 Å². The molecule has 0 aromatic rings. The summed E-state index contributed by atoms with van der Waals surface area (Å²) in [5.41, 5.74) is -0.0231. The summed E-state index contributed by atoms with van der Waals surface area (Å²) in [5, 5.41) is 0. The van der Waals surface area contributed by atoms with E-state index in [0.717, 1.165) is 6.42 Å². The second-order valence-corrected chi connectivity index (χ2v) is 5.63. The van der Waals surface area contributed by atoms with E-state index in [2.05, 4.69) is 0 Å². The van der Waals surface area contributed by atoms with Crippen LogP contribution < -0.4 is 0 Å². The van der Waals surface area contributed by atoms with Crippen molar-refractivity contribution in [3.63, 3.8) is 0 Å². The van der Waals surface area contributed by atoms with Crippen molar-refractivity contribution in [1.82, 2.24) is 4.90 Å². The molecule has 0 aromatic carbocycles. The first-order chi connectivity index (χ1) is 6.62. The highest BCUT2D eigenvalue weighted by molar-refractivity contribution is 4.89. The van der Waals surface area contributed by atoms with E-state index < -0.39 is 12.2 Å². The first-order valence-corrected chi connectivity index (χ1v) is 5.39. The SMILES string of the molecule is CN1CCC(C(C)(C)C)CC1C(F)(F)F. The molecule has 1 rings (SSSR count). The molecule has 0 aromatic heterocycles. The molecule has 15 heavy (non-hydrogen) atoms. The molecule has 1 aliphatic rings. The van der Waals surface area contributed by atoms with Crippen molar-refractivity contribution in [3.8, 4) is 0 Å². The van der Waals surface area contributed by atoms with Crippen LogP contribution in [0.3, 0.4) is 0 Å². The Morgan fingerprint density at radius 1 is 1.13 bits per heavy atom. The minimum atomic E-state index is -4.08. The molecular weight excluding hydrogens is 203 g/mol. The van der Waals surface area contributed by atoms with Gasteiger partial charge >= 0.3 is 6.18 Å². The molecule has 1 aliphatic heterocycles. The largest absolute Gasteiger partial charge is 0.404 e. The van der Waals surface area contributed by atoms with Gasteiger partial charge in [0.25, 0.3) is 0 Å². The fraction of sp³-hybridized carbons (Fsp3) is 1.00. The molecule has 0 spiro atoms. The molecule has 1 nitrogen and oxygen atoms in total. The van der Waals surface area contributed by atoms with Gasteiger partial charge in [-0.15, -0.1) is 0 Å². The molecule has 0 bridgehead atoms. The van der Waals surface area contributed by atoms with Gasteiger partial charge in [0.15, 0.2) is 0 Å². The van der Waals surface area contributed by atoms with Gasteiger partial charge in [0.2, 0.25) is 0 Å². The van der Waals surface area contributed by atoms with E-state index in [9.17, 15) is 13.2 Å². The van der Waals surface area contributed by atoms with E-state index in [-0.39, 0.29) is 17.8 Å². The lowest BCUT2D eigenvalue weighted by molar-refractivity contribution is -0.195. The summed E-state index contributed by atoms with van der Waals surface area (Å²) in [5.74, 6) is 0.167. The highest BCUT2D eigenvalue weighted by Crippen LogP contribution is 2.40. The Balaban J connectivity index is 2.73. The second-order valence-electron chi connectivity index (χ2n) is 5.63. The second kappa shape index (κ2) is 3.96. The maximum atomic E-state index is 12.7. The van der Waals surface area contributed by atoms with Crippen molar-refractivity contribution in [3.05, 3.63) is 0 Å². The van der Waals surface area contributed by atoms with Crippen LogP contribution in [0.15, 0.2) is 0 Å². The number of halogens is 3. The van der Waals surface area contributed by atoms with Gasteiger partial charge in [-0.25, -0.2) is 0 Å². The van der Waals surface area contributed by atoms with Crippen LogP contribution in [0.5, 0.6) is 0 Å². The zero-order valence-corrected chi connectivity index (χ0v) is 9.86. The van der Waals surface area contributed by atoms with Crippen LogP contribution in [0.25, 0.3) is 0 Å². The minimum Gasteiger partial charge on any atom is -0.295 e. The van der Waals surface area contributed by atoms with Crippen molar-refractivity contribution in [2.24, 2.45) is 11.3 Å². The third-order valence-electron chi connectivity index (χ3n) is 3.47. The zero-order chi connectivity index (χ0) is 11.9. The molecule has 4 heteroatoms. The van der Waals surface area contributed by atoms with Crippen molar-refractivity contribution in [2.75, 3.05) is 13.6 Å². The molecule has 2 atom stereocenters. The van der Waals surface area contributed by atoms with Gasteiger partial charge in [-0.2, -0.15) is 13.2 Å². The van der Waals surface area contributed by atoms with Crippen LogP contribution in [-0.4, -0.2) is 30.7 Å². The lowest BCUT2D eigenvalue weighted by atomic mass is 9.73. The Hall–Kier alpha value is -0.250. The van der Waals surface area contributed by atoms with Gasteiger partial charge in [0.05, 0.1) is 0 Å². The lowest BCUT2D eigenvalue weighted by Gasteiger charge is -2.43. The molecule has 0 amide bonds. The molecule has 1 saturated heterocycles. The Morgan fingerprint density at radius 2 is 1.67 bits per heavy atom. The summed E-state index contributed by atoms with van der Waals surface area (Å²) in [4.78, 5) is 1.43. The van der Waals surface area contributed by atoms with Crippen LogP contribution in [0.2, 0.25) is 0 Å². The van der Waals surface area contributed by atoms with E-state index in [1.54, 1.807) is 7.05 Å². The monoisotopic (exact) mass is 223 g/mol. The minimum absolute atomic E-state index is 0.0231. The summed E-state index contributed by atoms with van der Waals surface area (Å²) < 4.78 is 38.1. The number of hydrogen-bond donors (Lipinski definition) is 0. The van der Waals surface area contributed by atoms with E-state index in [0.29, 0.717) is 6.54 Å². The number of rotatable bonds is 0. The Bertz CT molecular complexity index is 217. The van der Waals surface area contributed by atoms with Crippen molar-refractivity contribution in [1.29, 1.82) is 0 Å². The average molecular weight is 223 g/mol. The lowest BCUT2D eigenvalue weighted by Crippen LogP contribution is -2.50. The Kier molecular flexibility index (Phi) is 3.39. The summed E-state index contributed by atoms with van der Waals surface area (Å²) >= 11 is 0. The molecule has 90 valence electrons. The highest BCUT2D eigenvalue weighted by Gasteiger charge is 2.47. The normalized spacial score (nSPS) is 30.6. The quantitative estimate of drug-likeness (QED) is 0.609. The summed E-state index contributed by atoms with van der Waals surface area (Å²) in [6.45, 7) is 6.62. The molecule has 0 radical (unpaired) electrons. The van der Waals surface area contributed by atoms with Gasteiger partial charge in [-0.3, -0.25) is 4.90 Å². The predicted molar refractivity (Wildman–Crippen MR) is 54.7 cm³/mol. The third-order valence-corrected chi connectivity index (χ3v) is 3.47. The molecule has 0 N–H and O–H groups in total. The third kappa shape index (κ3) is 3.10. The number of likely N-dealkylation sites (tertiary alicyclic amines) is 1. The van der Waals surface area contributed by atoms with Gasteiger partial charge in [-0.05, 0) is 37.8 Å². The van der Waals surface area contributed by atoms with E-state index in [4.69, 9.17) is 0 Å². The molecule has 0 saturated carbocycles. The smallest absolute Gasteiger partial charge is 0.295 e. The molecule has 1 fully saturated rings. The summed E-state index contributed by atoms with van der Waals surface area (Å²) in [6, 6.07) is -1.25. The van der Waals surface area contributed by atoms with Crippen LogP contribution in [0.1, 0.15) is 33.6 Å². The maximum absolute atomic E-state index is 12.7. The van der Waals surface area contributed by atoms with E-state index in [1.807, 2.05) is 20.8 Å². The predicted octanol–water partition coefficient (Wildman–Crippen LogP) is 3.31. The number of alkyl halides is 3. The van der Waals surface area contributed by atoms with E-state index >= 15 is 0 Å². The van der Waals surface area contributed by atoms with Gasteiger partial charge in [-0.1, -0.05) is 20.8 Å². The summed E-state index contributed by atoms with van der Waals surface area (Å²) in [7, 11) is 1.57. The first kappa shape index (κ1) is 12.8. The summed E-state index contributed by atoms with van der Waals surface area (Å²) in [6.07, 6.45) is -2.98. The van der Waals surface area contributed by atoms with Crippen LogP contribution in [-0.2, 0) is 0 Å². The Labute approximate surface area is 89.6 Å². The average Bonchev–Trinajstić information content (AvgIpc) is 2.00. The molecule has 2 unspecified atom stereocenters. The Morgan fingerprint density at radius 3 is 2.07 bits per heavy atom. The molecular formula is C11H20F3N. The van der Waals surface area contributed by atoms with Crippen LogP contribution in [0.4, 0.5) is 13.2 Å². The maximum Gasteiger partial charge on any atom is 0.404 e. The van der Waals surface area contributed by atoms with Gasteiger partial charge < -0.3 is 0 Å². The number of hydrogen-bond acceptors (Lipinski definition) is 1. The highest BCUT2D eigenvalue weighted by atomic mass is 19.4. The fourth-order valence-corrected chi connectivity index (χ4v) is 2.25. The van der Waals surface area contributed by atoms with Gasteiger partial charge in [0, 0.05) is 0 Å². The van der Waals surface area contributed by atoms with Gasteiger partial charge in [0.1, 0.15) is 6.04 Å². The molecule has 0 aliphatic carbocycles. The number of nitrogens with zero attached hydrogens (tertiary/aromatic N) is 1. The standard InChI is InChI=1S/C11H20F3N/c1-10(2,3)8-5-6-15(4)9(7-8)11(12,13)14/h8-9H,5-7H2,1-4H3. The van der Waals surface area contributed by atoms with E-state index in [1.165, 1.54) is 4.90 Å². The number of piperidine rings is 1. The fourth-order valence-electron chi connectivity index (χ4n) is 2.25. The zero-order valence-electron chi connectivity index (χ0n) is 9.86. The molecule has 1 heterocycles. The van der Waals surface area contributed by atoms with Crippen LogP contribution in [0, 0.1) is 11.3 Å². The van der Waals surface area contributed by atoms with Crippen LogP contribution >= 0.6 is 0 Å². The van der Waals surface area contributed by atoms with Crippen molar-refractivity contribution >= 4 is 0 Å². The van der Waals surface area contributed by atoms with Crippen molar-refractivity contribution in [2.45, 2.75) is 45.8 Å².